The number of imidazole rings is 1. The highest BCUT2D eigenvalue weighted by atomic mass is 127. The topological polar surface area (TPSA) is 92.3 Å². The molecule has 0 saturated carbocycles. The third kappa shape index (κ3) is 3.56. The molecule has 0 unspecified atom stereocenters. The van der Waals surface area contributed by atoms with Gasteiger partial charge in [0.25, 0.3) is 5.91 Å². The maximum absolute atomic E-state index is 14.9. The molecule has 7 nitrogen and oxygen atoms in total. The lowest BCUT2D eigenvalue weighted by molar-refractivity contribution is 0.0343. The molecule has 0 radical (unpaired) electrons. The molecule has 2 N–H and O–H groups in total. The number of benzene rings is 2. The molecule has 1 aliphatic heterocycles. The van der Waals surface area contributed by atoms with Crippen molar-refractivity contribution in [2.24, 2.45) is 11.1 Å². The van der Waals surface area contributed by atoms with Crippen LogP contribution < -0.4 is 11.2 Å². The zero-order chi connectivity index (χ0) is 22.6. The van der Waals surface area contributed by atoms with E-state index in [0.29, 0.717) is 46.3 Å². The van der Waals surface area contributed by atoms with Crippen molar-refractivity contribution in [1.29, 1.82) is 0 Å². The summed E-state index contributed by atoms with van der Waals surface area (Å²) in [6.07, 6.45) is 3.18. The summed E-state index contributed by atoms with van der Waals surface area (Å²) in [5, 5.41) is 0.372. The Bertz CT molecular complexity index is 1380. The Morgan fingerprint density at radius 1 is 1.19 bits per heavy atom. The Morgan fingerprint density at radius 2 is 1.94 bits per heavy atom. The average molecular weight is 544 g/mol. The van der Waals surface area contributed by atoms with Crippen LogP contribution in [0.1, 0.15) is 24.2 Å². The van der Waals surface area contributed by atoms with Gasteiger partial charge in [0.15, 0.2) is 0 Å². The van der Waals surface area contributed by atoms with Crippen LogP contribution in [0.3, 0.4) is 0 Å². The number of aromatic nitrogens is 3. The molecule has 4 aromatic rings. The van der Waals surface area contributed by atoms with Crippen LogP contribution in [-0.4, -0.2) is 40.8 Å². The molecule has 10 heteroatoms. The van der Waals surface area contributed by atoms with Crippen molar-refractivity contribution in [2.45, 2.75) is 13.8 Å². The van der Waals surface area contributed by atoms with Crippen LogP contribution in [0.5, 0.6) is 0 Å². The van der Waals surface area contributed by atoms with E-state index in [-0.39, 0.29) is 11.0 Å². The summed E-state index contributed by atoms with van der Waals surface area (Å²) in [5.74, 6) is -1.00. The number of carbonyl (C=O) groups is 1. The first kappa shape index (κ1) is 21.3. The predicted molar refractivity (Wildman–Crippen MR) is 129 cm³/mol. The molecule has 0 atom stereocenters. The van der Waals surface area contributed by atoms with E-state index < -0.39 is 18.8 Å². The monoisotopic (exact) mass is 544 g/mol. The van der Waals surface area contributed by atoms with Gasteiger partial charge in [-0.3, -0.25) is 14.3 Å². The largest absolute Gasteiger partial charge is 0.494 e. The minimum absolute atomic E-state index is 0.0977. The molecule has 0 aliphatic carbocycles. The summed E-state index contributed by atoms with van der Waals surface area (Å²) in [5.41, 5.74) is 8.60. The van der Waals surface area contributed by atoms with Gasteiger partial charge >= 0.3 is 7.12 Å². The van der Waals surface area contributed by atoms with E-state index >= 15 is 0 Å². The summed E-state index contributed by atoms with van der Waals surface area (Å²) in [6, 6.07) is 8.31. The number of carbonyl (C=O) groups excluding carboxylic acids is 1. The zero-order valence-corrected chi connectivity index (χ0v) is 19.6. The molecule has 3 heterocycles. The number of halogens is 2. The summed E-state index contributed by atoms with van der Waals surface area (Å²) >= 11 is 2.13. The van der Waals surface area contributed by atoms with E-state index in [1.807, 2.05) is 6.07 Å². The smallest absolute Gasteiger partial charge is 0.407 e. The van der Waals surface area contributed by atoms with Crippen molar-refractivity contribution in [3.63, 3.8) is 0 Å². The number of primary amides is 1. The molecule has 32 heavy (non-hydrogen) atoms. The van der Waals surface area contributed by atoms with Gasteiger partial charge in [-0.15, -0.1) is 0 Å². The van der Waals surface area contributed by atoms with E-state index in [4.69, 9.17) is 15.0 Å². The van der Waals surface area contributed by atoms with Gasteiger partial charge in [0.05, 0.1) is 27.7 Å². The first-order valence-electron chi connectivity index (χ1n) is 10.0. The minimum atomic E-state index is -0.638. The highest BCUT2D eigenvalue weighted by Gasteiger charge is 2.34. The van der Waals surface area contributed by atoms with E-state index in [2.05, 4.69) is 46.4 Å². The second kappa shape index (κ2) is 7.78. The summed E-state index contributed by atoms with van der Waals surface area (Å²) in [4.78, 5) is 21.0. The van der Waals surface area contributed by atoms with E-state index in [0.717, 1.165) is 3.57 Å². The predicted octanol–water partition coefficient (Wildman–Crippen LogP) is 3.18. The number of hydrogen-bond acceptors (Lipinski definition) is 5. The first-order chi connectivity index (χ1) is 15.2. The van der Waals surface area contributed by atoms with Gasteiger partial charge < -0.3 is 15.0 Å². The molecule has 2 aromatic carbocycles. The Labute approximate surface area is 197 Å². The standard InChI is InChI=1S/C22H19BFIN4O3/c1-22(2)9-31-23(32-10-22)12-7-13(21(26)30)19-17(8-12)29(11-28-19)16-5-6-27-20-15(25)4-3-14(24)18(16)20/h3-8,11H,9-10H2,1-2H3,(H2,26,30). The number of rotatable bonds is 3. The minimum Gasteiger partial charge on any atom is -0.407 e. The lowest BCUT2D eigenvalue weighted by Gasteiger charge is -2.33. The highest BCUT2D eigenvalue weighted by Crippen LogP contribution is 2.30. The molecular formula is C22H19BFIN4O3. The first-order valence-corrected chi connectivity index (χ1v) is 11.1. The third-order valence-electron chi connectivity index (χ3n) is 5.49. The van der Waals surface area contributed by atoms with E-state index in [1.54, 1.807) is 35.3 Å². The fourth-order valence-corrected chi connectivity index (χ4v) is 4.50. The SMILES string of the molecule is CC1(C)COB(c2cc(C(N)=O)c3ncn(-c4ccnc5c(I)ccc(F)c45)c3c2)OC1. The van der Waals surface area contributed by atoms with Gasteiger partial charge in [-0.2, -0.15) is 0 Å². The number of hydrogen-bond donors (Lipinski definition) is 1. The van der Waals surface area contributed by atoms with Crippen molar-refractivity contribution in [3.05, 3.63) is 57.8 Å². The van der Waals surface area contributed by atoms with Gasteiger partial charge in [-0.1, -0.05) is 13.8 Å². The summed E-state index contributed by atoms with van der Waals surface area (Å²) in [6.45, 7) is 5.14. The van der Waals surface area contributed by atoms with Gasteiger partial charge in [0.2, 0.25) is 0 Å². The molecule has 2 aromatic heterocycles. The Morgan fingerprint density at radius 3 is 2.66 bits per heavy atom. The molecule has 162 valence electrons. The number of nitrogens with zero attached hydrogens (tertiary/aromatic N) is 3. The molecule has 5 rings (SSSR count). The van der Waals surface area contributed by atoms with Crippen molar-refractivity contribution in [3.8, 4) is 5.69 Å². The zero-order valence-electron chi connectivity index (χ0n) is 17.4. The fraction of sp³-hybridized carbons (Fsp3) is 0.227. The number of pyridine rings is 1. The Hall–Kier alpha value is -2.57. The number of amides is 1. The molecular weight excluding hydrogens is 525 g/mol. The van der Waals surface area contributed by atoms with Crippen LogP contribution in [0.25, 0.3) is 27.6 Å². The van der Waals surface area contributed by atoms with Crippen LogP contribution in [0, 0.1) is 14.8 Å². The number of nitrogens with two attached hydrogens (primary N) is 1. The summed E-state index contributed by atoms with van der Waals surface area (Å²) in [7, 11) is -0.638. The maximum atomic E-state index is 14.9. The second-order valence-corrected chi connectivity index (χ2v) is 9.78. The van der Waals surface area contributed by atoms with Crippen LogP contribution in [0.4, 0.5) is 4.39 Å². The average Bonchev–Trinajstić information content (AvgIpc) is 3.19. The lowest BCUT2D eigenvalue weighted by atomic mass is 9.75. The Balaban J connectivity index is 1.73. The van der Waals surface area contributed by atoms with E-state index in [1.165, 1.54) is 6.07 Å². The molecule has 1 aliphatic rings. The van der Waals surface area contributed by atoms with Crippen LogP contribution >= 0.6 is 22.6 Å². The van der Waals surface area contributed by atoms with Gasteiger partial charge in [-0.25, -0.2) is 9.37 Å². The van der Waals surface area contributed by atoms with Gasteiger partial charge in [0, 0.05) is 28.4 Å². The number of fused-ring (bicyclic) bond motifs is 2. The molecule has 1 saturated heterocycles. The maximum Gasteiger partial charge on any atom is 0.494 e. The van der Waals surface area contributed by atoms with Crippen LogP contribution in [0.15, 0.2) is 42.9 Å². The van der Waals surface area contributed by atoms with E-state index in [9.17, 15) is 9.18 Å². The molecule has 0 bridgehead atoms. The van der Waals surface area contributed by atoms with Gasteiger partial charge in [0.1, 0.15) is 17.7 Å². The third-order valence-corrected chi connectivity index (χ3v) is 6.36. The highest BCUT2D eigenvalue weighted by molar-refractivity contribution is 14.1. The fourth-order valence-electron chi connectivity index (χ4n) is 3.92. The molecule has 0 spiro atoms. The molecule has 1 fully saturated rings. The summed E-state index contributed by atoms with van der Waals surface area (Å²) < 4.78 is 29.3. The van der Waals surface area contributed by atoms with Crippen molar-refractivity contribution in [1.82, 2.24) is 14.5 Å². The normalized spacial score (nSPS) is 16.1. The van der Waals surface area contributed by atoms with Crippen molar-refractivity contribution < 1.29 is 18.5 Å². The quantitative estimate of drug-likeness (QED) is 0.316. The van der Waals surface area contributed by atoms with Crippen molar-refractivity contribution >= 4 is 63.0 Å². The second-order valence-electron chi connectivity index (χ2n) is 8.62. The lowest BCUT2D eigenvalue weighted by Crippen LogP contribution is -2.47. The molecule has 1 amide bonds. The Kier molecular flexibility index (Phi) is 5.18. The van der Waals surface area contributed by atoms with Crippen LogP contribution in [-0.2, 0) is 9.31 Å². The van der Waals surface area contributed by atoms with Crippen molar-refractivity contribution in [2.75, 3.05) is 13.2 Å². The van der Waals surface area contributed by atoms with Gasteiger partial charge in [-0.05, 0) is 58.4 Å². The van der Waals surface area contributed by atoms with Crippen LogP contribution in [0.2, 0.25) is 0 Å².